The number of carbonyl (C=O) groups is 1. The molecule has 1 aromatic carbocycles. The highest BCUT2D eigenvalue weighted by Gasteiger charge is 2.29. The molecule has 1 rings (SSSR count). The summed E-state index contributed by atoms with van der Waals surface area (Å²) >= 11 is 5.27. The van der Waals surface area contributed by atoms with Crippen molar-refractivity contribution in [3.05, 3.63) is 34.1 Å². The summed E-state index contributed by atoms with van der Waals surface area (Å²) in [6.45, 7) is 1.35. The van der Waals surface area contributed by atoms with Gasteiger partial charge in [-0.2, -0.15) is 0 Å². The second kappa shape index (κ2) is 5.37. The Morgan fingerprint density at radius 2 is 2.06 bits per heavy atom. The average molecular weight is 269 g/mol. The number of esters is 1. The van der Waals surface area contributed by atoms with Gasteiger partial charge in [0.1, 0.15) is 0 Å². The summed E-state index contributed by atoms with van der Waals surface area (Å²) < 4.78 is 43.9. The molecule has 0 bridgehead atoms. The normalized spacial score (nSPS) is 12.4. The van der Waals surface area contributed by atoms with Gasteiger partial charge in [-0.1, -0.05) is 11.6 Å². The standard InChI is InChI=1S/C10H8ClF3O3/c1-2-17-10(16)9(15)6-7(13)4(11)3-5(12)8(6)14/h3,9,15H,2H2,1H3. The maximum atomic E-state index is 13.4. The molecule has 1 unspecified atom stereocenters. The summed E-state index contributed by atoms with van der Waals surface area (Å²) in [5.74, 6) is -5.82. The van der Waals surface area contributed by atoms with Crippen molar-refractivity contribution in [3.63, 3.8) is 0 Å². The highest BCUT2D eigenvalue weighted by molar-refractivity contribution is 6.30. The lowest BCUT2D eigenvalue weighted by atomic mass is 10.1. The van der Waals surface area contributed by atoms with Gasteiger partial charge in [0, 0.05) is 0 Å². The van der Waals surface area contributed by atoms with Crippen LogP contribution in [0.25, 0.3) is 0 Å². The summed E-state index contributed by atoms with van der Waals surface area (Å²) in [7, 11) is 0. The molecular formula is C10H8ClF3O3. The summed E-state index contributed by atoms with van der Waals surface area (Å²) in [6.07, 6.45) is -2.26. The van der Waals surface area contributed by atoms with Gasteiger partial charge in [0.25, 0.3) is 0 Å². The van der Waals surface area contributed by atoms with Crippen LogP contribution >= 0.6 is 11.6 Å². The monoisotopic (exact) mass is 268 g/mol. The predicted octanol–water partition coefficient (Wildman–Crippen LogP) is 2.35. The SMILES string of the molecule is CCOC(=O)C(O)c1c(F)c(F)cc(Cl)c1F. The molecule has 94 valence electrons. The van der Waals surface area contributed by atoms with Crippen LogP contribution in [-0.4, -0.2) is 17.7 Å². The Kier molecular flexibility index (Phi) is 4.36. The van der Waals surface area contributed by atoms with Gasteiger partial charge in [0.2, 0.25) is 0 Å². The van der Waals surface area contributed by atoms with E-state index in [9.17, 15) is 23.1 Å². The van der Waals surface area contributed by atoms with Gasteiger partial charge in [0.05, 0.1) is 17.2 Å². The molecule has 0 saturated heterocycles. The van der Waals surface area contributed by atoms with Gasteiger partial charge in [-0.15, -0.1) is 0 Å². The number of carbonyl (C=O) groups excluding carboxylic acids is 1. The van der Waals surface area contributed by atoms with Crippen molar-refractivity contribution in [1.29, 1.82) is 0 Å². The van der Waals surface area contributed by atoms with Gasteiger partial charge in [-0.3, -0.25) is 0 Å². The smallest absolute Gasteiger partial charge is 0.339 e. The minimum absolute atomic E-state index is 0.0951. The highest BCUT2D eigenvalue weighted by Crippen LogP contribution is 2.29. The lowest BCUT2D eigenvalue weighted by Gasteiger charge is -2.12. The van der Waals surface area contributed by atoms with Gasteiger partial charge >= 0.3 is 5.97 Å². The number of rotatable bonds is 3. The van der Waals surface area contributed by atoms with Crippen LogP contribution in [0.5, 0.6) is 0 Å². The molecule has 3 nitrogen and oxygen atoms in total. The van der Waals surface area contributed by atoms with Crippen LogP contribution in [0.3, 0.4) is 0 Å². The second-order valence-corrected chi connectivity index (χ2v) is 3.44. The molecule has 17 heavy (non-hydrogen) atoms. The van der Waals surface area contributed by atoms with Crippen LogP contribution in [0.1, 0.15) is 18.6 Å². The first kappa shape index (κ1) is 13.8. The number of aliphatic hydroxyl groups excluding tert-OH is 1. The number of hydrogen-bond donors (Lipinski definition) is 1. The van der Waals surface area contributed by atoms with E-state index in [2.05, 4.69) is 4.74 Å². The molecule has 0 aliphatic rings. The van der Waals surface area contributed by atoms with Crippen molar-refractivity contribution in [2.24, 2.45) is 0 Å². The van der Waals surface area contributed by atoms with E-state index in [0.29, 0.717) is 6.07 Å². The summed E-state index contributed by atoms with van der Waals surface area (Å²) in [5, 5.41) is 8.62. The van der Waals surface area contributed by atoms with Crippen molar-refractivity contribution in [1.82, 2.24) is 0 Å². The fourth-order valence-electron chi connectivity index (χ4n) is 1.17. The number of aliphatic hydroxyl groups is 1. The van der Waals surface area contributed by atoms with E-state index >= 15 is 0 Å². The Labute approximate surface area is 99.8 Å². The van der Waals surface area contributed by atoms with Crippen LogP contribution in [0.4, 0.5) is 13.2 Å². The first-order valence-electron chi connectivity index (χ1n) is 4.57. The van der Waals surface area contributed by atoms with Crippen LogP contribution in [-0.2, 0) is 9.53 Å². The fourth-order valence-corrected chi connectivity index (χ4v) is 1.37. The summed E-state index contributed by atoms with van der Waals surface area (Å²) in [6, 6.07) is 0.410. The Bertz CT molecular complexity index is 425. The van der Waals surface area contributed by atoms with Crippen molar-refractivity contribution in [2.75, 3.05) is 6.61 Å². The Morgan fingerprint density at radius 3 is 2.59 bits per heavy atom. The molecular weight excluding hydrogens is 261 g/mol. The molecule has 7 heteroatoms. The minimum atomic E-state index is -2.26. The molecule has 0 fully saturated rings. The number of benzene rings is 1. The molecule has 1 N–H and O–H groups in total. The Balaban J connectivity index is 3.25. The topological polar surface area (TPSA) is 46.5 Å². The zero-order valence-corrected chi connectivity index (χ0v) is 9.39. The zero-order valence-electron chi connectivity index (χ0n) is 8.64. The van der Waals surface area contributed by atoms with Gasteiger partial charge < -0.3 is 9.84 Å². The first-order chi connectivity index (χ1) is 7.90. The quantitative estimate of drug-likeness (QED) is 0.676. The van der Waals surface area contributed by atoms with Crippen LogP contribution < -0.4 is 0 Å². The molecule has 1 atom stereocenters. The molecule has 0 heterocycles. The maximum absolute atomic E-state index is 13.4. The summed E-state index contributed by atoms with van der Waals surface area (Å²) in [4.78, 5) is 11.1. The van der Waals surface area contributed by atoms with Crippen molar-refractivity contribution < 1.29 is 27.8 Å². The van der Waals surface area contributed by atoms with Crippen molar-refractivity contribution in [3.8, 4) is 0 Å². The molecule has 0 aliphatic heterocycles. The van der Waals surface area contributed by atoms with Crippen molar-refractivity contribution >= 4 is 17.6 Å². The van der Waals surface area contributed by atoms with Crippen LogP contribution in [0.2, 0.25) is 5.02 Å². The molecule has 0 aromatic heterocycles. The predicted molar refractivity (Wildman–Crippen MR) is 52.9 cm³/mol. The van der Waals surface area contributed by atoms with E-state index in [4.69, 9.17) is 11.6 Å². The Morgan fingerprint density at radius 1 is 1.47 bits per heavy atom. The van der Waals surface area contributed by atoms with Crippen LogP contribution in [0, 0.1) is 17.5 Å². The third kappa shape index (κ3) is 2.70. The first-order valence-corrected chi connectivity index (χ1v) is 4.95. The third-order valence-electron chi connectivity index (χ3n) is 1.93. The maximum Gasteiger partial charge on any atom is 0.339 e. The fraction of sp³-hybridized carbons (Fsp3) is 0.300. The average Bonchev–Trinajstić information content (AvgIpc) is 2.27. The molecule has 0 spiro atoms. The molecule has 0 aliphatic carbocycles. The third-order valence-corrected chi connectivity index (χ3v) is 2.20. The highest BCUT2D eigenvalue weighted by atomic mass is 35.5. The van der Waals surface area contributed by atoms with E-state index < -0.39 is 40.1 Å². The number of ether oxygens (including phenoxy) is 1. The second-order valence-electron chi connectivity index (χ2n) is 3.04. The largest absolute Gasteiger partial charge is 0.464 e. The number of halogens is 4. The molecule has 0 saturated carbocycles. The molecule has 0 amide bonds. The van der Waals surface area contributed by atoms with E-state index in [1.54, 1.807) is 0 Å². The van der Waals surface area contributed by atoms with E-state index in [1.165, 1.54) is 6.92 Å². The molecule has 1 aromatic rings. The van der Waals surface area contributed by atoms with E-state index in [1.807, 2.05) is 0 Å². The Hall–Kier alpha value is -1.27. The van der Waals surface area contributed by atoms with Crippen molar-refractivity contribution in [2.45, 2.75) is 13.0 Å². The van der Waals surface area contributed by atoms with E-state index in [-0.39, 0.29) is 6.61 Å². The van der Waals surface area contributed by atoms with E-state index in [0.717, 1.165) is 0 Å². The minimum Gasteiger partial charge on any atom is -0.464 e. The van der Waals surface area contributed by atoms with Crippen LogP contribution in [0.15, 0.2) is 6.07 Å². The number of hydrogen-bond acceptors (Lipinski definition) is 3. The van der Waals surface area contributed by atoms with Gasteiger partial charge in [0.15, 0.2) is 23.6 Å². The van der Waals surface area contributed by atoms with Gasteiger partial charge in [-0.25, -0.2) is 18.0 Å². The lowest BCUT2D eigenvalue weighted by Crippen LogP contribution is -2.19. The lowest BCUT2D eigenvalue weighted by molar-refractivity contribution is -0.153. The van der Waals surface area contributed by atoms with Gasteiger partial charge in [-0.05, 0) is 13.0 Å². The molecule has 0 radical (unpaired) electrons. The zero-order chi connectivity index (χ0) is 13.2. The summed E-state index contributed by atoms with van der Waals surface area (Å²) in [5.41, 5.74) is -1.16.